The predicted molar refractivity (Wildman–Crippen MR) is 289 cm³/mol. The SMILES string of the molecule is CC1(C)c2ccccc2-c2ccc(-c3c(-c4ccc(N(c5ccc(-c6ccccc6)cc5)C5C=C6C(=CC5)C5C=CC=CC5C65c6ccccc6-c6ccccc65)cc4)ccc4ccccc34)cc21. The molecule has 69 heavy (non-hydrogen) atoms. The molecule has 0 heterocycles. The van der Waals surface area contributed by atoms with Gasteiger partial charge in [0.2, 0.25) is 0 Å². The van der Waals surface area contributed by atoms with E-state index in [1.165, 1.54) is 111 Å². The molecule has 9 aromatic carbocycles. The van der Waals surface area contributed by atoms with Crippen molar-refractivity contribution in [2.75, 3.05) is 4.90 Å². The highest BCUT2D eigenvalue weighted by atomic mass is 15.2. The molecule has 14 rings (SSSR count). The Morgan fingerprint density at radius 3 is 1.72 bits per heavy atom. The summed E-state index contributed by atoms with van der Waals surface area (Å²) in [6, 6.07) is 77.7. The summed E-state index contributed by atoms with van der Waals surface area (Å²) >= 11 is 0. The van der Waals surface area contributed by atoms with Gasteiger partial charge in [-0.1, -0.05) is 226 Å². The van der Waals surface area contributed by atoms with E-state index in [-0.39, 0.29) is 16.9 Å². The van der Waals surface area contributed by atoms with E-state index in [1.54, 1.807) is 0 Å². The van der Waals surface area contributed by atoms with Gasteiger partial charge in [-0.05, 0) is 137 Å². The minimum Gasteiger partial charge on any atom is -0.334 e. The summed E-state index contributed by atoms with van der Waals surface area (Å²) in [5.41, 5.74) is 23.5. The fourth-order valence-electron chi connectivity index (χ4n) is 13.4. The molecule has 5 aliphatic carbocycles. The average molecular weight is 882 g/mol. The topological polar surface area (TPSA) is 3.24 Å². The Kier molecular flexibility index (Phi) is 8.87. The van der Waals surface area contributed by atoms with Gasteiger partial charge in [-0.25, -0.2) is 0 Å². The number of benzene rings is 9. The highest BCUT2D eigenvalue weighted by Gasteiger charge is 2.59. The molecule has 3 atom stereocenters. The van der Waals surface area contributed by atoms with Gasteiger partial charge in [0, 0.05) is 28.6 Å². The molecule has 1 saturated carbocycles. The largest absolute Gasteiger partial charge is 0.334 e. The molecule has 3 unspecified atom stereocenters. The molecule has 1 heteroatoms. The van der Waals surface area contributed by atoms with Crippen LogP contribution in [0.1, 0.15) is 42.5 Å². The number of anilines is 2. The second-order valence-electron chi connectivity index (χ2n) is 20.2. The maximum absolute atomic E-state index is 2.67. The van der Waals surface area contributed by atoms with E-state index in [0.29, 0.717) is 11.8 Å². The van der Waals surface area contributed by atoms with Crippen LogP contribution < -0.4 is 4.90 Å². The summed E-state index contributed by atoms with van der Waals surface area (Å²) in [7, 11) is 0. The van der Waals surface area contributed by atoms with Gasteiger partial charge < -0.3 is 4.90 Å². The van der Waals surface area contributed by atoms with Crippen LogP contribution in [0, 0.1) is 11.8 Å². The Bertz CT molecular complexity index is 3630. The zero-order chi connectivity index (χ0) is 45.8. The lowest BCUT2D eigenvalue weighted by molar-refractivity contribution is 0.449. The van der Waals surface area contributed by atoms with Gasteiger partial charge in [-0.2, -0.15) is 0 Å². The number of hydrogen-bond acceptors (Lipinski definition) is 1. The van der Waals surface area contributed by atoms with Crippen molar-refractivity contribution in [1.82, 2.24) is 0 Å². The van der Waals surface area contributed by atoms with Crippen molar-refractivity contribution in [3.05, 3.63) is 276 Å². The summed E-state index contributed by atoms with van der Waals surface area (Å²) in [4.78, 5) is 2.61. The van der Waals surface area contributed by atoms with Gasteiger partial charge in [0.05, 0.1) is 11.5 Å². The molecule has 0 N–H and O–H groups in total. The first-order valence-electron chi connectivity index (χ1n) is 24.8. The third kappa shape index (κ3) is 5.83. The zero-order valence-corrected chi connectivity index (χ0v) is 39.0. The molecule has 328 valence electrons. The second kappa shape index (κ2) is 15.3. The molecule has 0 saturated heterocycles. The highest BCUT2D eigenvalue weighted by molar-refractivity contribution is 6.05. The molecule has 1 nitrogen and oxygen atoms in total. The summed E-state index contributed by atoms with van der Waals surface area (Å²) in [6.07, 6.45) is 15.7. The molecule has 0 aromatic heterocycles. The lowest BCUT2D eigenvalue weighted by atomic mass is 9.65. The van der Waals surface area contributed by atoms with E-state index >= 15 is 0 Å². The molecule has 1 spiro atoms. The minimum atomic E-state index is -0.279. The van der Waals surface area contributed by atoms with Gasteiger partial charge >= 0.3 is 0 Å². The van der Waals surface area contributed by atoms with Crippen molar-refractivity contribution in [2.24, 2.45) is 11.8 Å². The first-order chi connectivity index (χ1) is 34.0. The fourth-order valence-corrected chi connectivity index (χ4v) is 13.4. The number of rotatable bonds is 6. The quantitative estimate of drug-likeness (QED) is 0.161. The fraction of sp³-hybridized carbons (Fsp3) is 0.118. The van der Waals surface area contributed by atoms with Crippen LogP contribution in [0.4, 0.5) is 11.4 Å². The van der Waals surface area contributed by atoms with Crippen LogP contribution in [0.5, 0.6) is 0 Å². The monoisotopic (exact) mass is 881 g/mol. The lowest BCUT2D eigenvalue weighted by Gasteiger charge is -2.38. The molecular weight excluding hydrogens is 831 g/mol. The normalized spacial score (nSPS) is 19.2. The third-order valence-corrected chi connectivity index (χ3v) is 16.5. The average Bonchev–Trinajstić information content (AvgIpc) is 3.97. The third-order valence-electron chi connectivity index (χ3n) is 16.5. The van der Waals surface area contributed by atoms with E-state index in [4.69, 9.17) is 0 Å². The first-order valence-corrected chi connectivity index (χ1v) is 24.8. The lowest BCUT2D eigenvalue weighted by Crippen LogP contribution is -2.36. The van der Waals surface area contributed by atoms with Crippen molar-refractivity contribution in [3.8, 4) is 55.6 Å². The Labute approximate surface area is 405 Å². The van der Waals surface area contributed by atoms with Crippen molar-refractivity contribution in [3.63, 3.8) is 0 Å². The molecule has 0 bridgehead atoms. The highest BCUT2D eigenvalue weighted by Crippen LogP contribution is 2.67. The summed E-state index contributed by atoms with van der Waals surface area (Å²) in [6.45, 7) is 4.76. The number of allylic oxidation sites excluding steroid dienone is 6. The molecule has 9 aromatic rings. The van der Waals surface area contributed by atoms with Gasteiger partial charge in [-0.15, -0.1) is 0 Å². The van der Waals surface area contributed by atoms with Crippen LogP contribution in [0.25, 0.3) is 66.4 Å². The number of hydrogen-bond donors (Lipinski definition) is 0. The maximum Gasteiger partial charge on any atom is 0.0563 e. The smallest absolute Gasteiger partial charge is 0.0563 e. The van der Waals surface area contributed by atoms with Gasteiger partial charge in [0.15, 0.2) is 0 Å². The standard InChI is InChI=1S/C68H51N/c1-67(2)60-24-12-8-20-54(60)58-40-33-48(42-64(58)67)66-52-19-7-6-18-46(52)32-39-53(66)47-30-36-50(37-31-47)69(49-34-28-45(29-35-49)44-16-4-3-5-17-44)51-38-41-59-57-23-11-15-27-63(57)68(65(59)43-51)61-25-13-9-21-55(61)56-22-10-14-26-62(56)68/h3-37,39-43,51,57,63H,38H2,1-2H3. The van der Waals surface area contributed by atoms with Crippen LogP contribution >= 0.6 is 0 Å². The minimum absolute atomic E-state index is 0.0807. The Morgan fingerprint density at radius 1 is 0.449 bits per heavy atom. The summed E-state index contributed by atoms with van der Waals surface area (Å²) < 4.78 is 0. The zero-order valence-electron chi connectivity index (χ0n) is 39.0. The van der Waals surface area contributed by atoms with E-state index in [2.05, 4.69) is 261 Å². The van der Waals surface area contributed by atoms with Crippen molar-refractivity contribution < 1.29 is 0 Å². The molecule has 0 amide bonds. The van der Waals surface area contributed by atoms with E-state index < -0.39 is 0 Å². The van der Waals surface area contributed by atoms with Crippen LogP contribution in [0.15, 0.2) is 254 Å². The van der Waals surface area contributed by atoms with Crippen LogP contribution in [-0.2, 0) is 10.8 Å². The van der Waals surface area contributed by atoms with Gasteiger partial charge in [0.25, 0.3) is 0 Å². The van der Waals surface area contributed by atoms with Crippen LogP contribution in [0.2, 0.25) is 0 Å². The van der Waals surface area contributed by atoms with Gasteiger partial charge in [-0.3, -0.25) is 0 Å². The number of fused-ring (bicyclic) bond motifs is 14. The van der Waals surface area contributed by atoms with Gasteiger partial charge in [0.1, 0.15) is 0 Å². The molecular formula is C68H51N. The van der Waals surface area contributed by atoms with E-state index in [0.717, 1.165) is 6.42 Å². The molecule has 0 radical (unpaired) electrons. The van der Waals surface area contributed by atoms with Crippen molar-refractivity contribution in [2.45, 2.75) is 37.1 Å². The second-order valence-corrected chi connectivity index (χ2v) is 20.2. The van der Waals surface area contributed by atoms with Crippen LogP contribution in [0.3, 0.4) is 0 Å². The van der Waals surface area contributed by atoms with E-state index in [1.807, 2.05) is 0 Å². The van der Waals surface area contributed by atoms with E-state index in [9.17, 15) is 0 Å². The van der Waals surface area contributed by atoms with Crippen LogP contribution in [-0.4, -0.2) is 6.04 Å². The van der Waals surface area contributed by atoms with Crippen molar-refractivity contribution in [1.29, 1.82) is 0 Å². The Hall–Kier alpha value is -8.00. The molecule has 1 fully saturated rings. The Morgan fingerprint density at radius 2 is 1.00 bits per heavy atom. The summed E-state index contributed by atoms with van der Waals surface area (Å²) in [5, 5.41) is 2.52. The van der Waals surface area contributed by atoms with Crippen molar-refractivity contribution >= 4 is 22.1 Å². The molecule has 5 aliphatic rings. The number of nitrogens with zero attached hydrogens (tertiary/aromatic N) is 1. The summed E-state index contributed by atoms with van der Waals surface area (Å²) in [5.74, 6) is 0.618. The Balaban J connectivity index is 0.915. The maximum atomic E-state index is 2.67. The predicted octanol–water partition coefficient (Wildman–Crippen LogP) is 17.2. The molecule has 0 aliphatic heterocycles. The first kappa shape index (κ1) is 40.1.